The molecule has 0 spiro atoms. The molecule has 0 saturated carbocycles. The van der Waals surface area contributed by atoms with Crippen molar-refractivity contribution in [1.82, 2.24) is 5.32 Å². The summed E-state index contributed by atoms with van der Waals surface area (Å²) in [4.78, 5) is 11.0. The minimum absolute atomic E-state index is 0.141. The van der Waals surface area contributed by atoms with E-state index in [0.717, 1.165) is 24.2 Å². The molecule has 0 heterocycles. The van der Waals surface area contributed by atoms with Crippen LogP contribution in [0.4, 0.5) is 0 Å². The number of benzene rings is 2. The Morgan fingerprint density at radius 1 is 1.08 bits per heavy atom. The normalized spacial score (nSPS) is 11.0. The zero-order valence-corrected chi connectivity index (χ0v) is 15.5. The van der Waals surface area contributed by atoms with Gasteiger partial charge in [-0.05, 0) is 54.3 Å². The standard InChI is InChI=1S/C22H27NO3/c1-4-21(25)23-15-5-6-16-26-20-13-9-18(10-14-20)22(2,3)17-7-11-19(24)12-8-17/h4,7-14,24H,1,5-6,15-16H2,2-3H3,(H,23,25). The number of hydrogen-bond donors (Lipinski definition) is 2. The lowest BCUT2D eigenvalue weighted by molar-refractivity contribution is -0.116. The molecule has 0 unspecified atom stereocenters. The highest BCUT2D eigenvalue weighted by molar-refractivity contribution is 5.86. The van der Waals surface area contributed by atoms with Gasteiger partial charge in [-0.15, -0.1) is 0 Å². The van der Waals surface area contributed by atoms with E-state index < -0.39 is 0 Å². The number of carbonyl (C=O) groups is 1. The molecule has 0 aliphatic heterocycles. The van der Waals surface area contributed by atoms with Crippen LogP contribution in [0.5, 0.6) is 11.5 Å². The molecule has 2 aromatic rings. The quantitative estimate of drug-likeness (QED) is 0.525. The number of aromatic hydroxyl groups is 1. The zero-order valence-electron chi connectivity index (χ0n) is 15.5. The fraction of sp³-hybridized carbons (Fsp3) is 0.318. The predicted octanol–water partition coefficient (Wildman–Crippen LogP) is 4.18. The maximum absolute atomic E-state index is 11.0. The van der Waals surface area contributed by atoms with Crippen molar-refractivity contribution in [2.45, 2.75) is 32.1 Å². The summed E-state index contributed by atoms with van der Waals surface area (Å²) in [5.41, 5.74) is 2.17. The second-order valence-electron chi connectivity index (χ2n) is 6.75. The van der Waals surface area contributed by atoms with Gasteiger partial charge in [-0.25, -0.2) is 0 Å². The number of phenolic OH excluding ortho intramolecular Hbond substituents is 1. The minimum Gasteiger partial charge on any atom is -0.508 e. The summed E-state index contributed by atoms with van der Waals surface area (Å²) in [6.07, 6.45) is 3.02. The number of ether oxygens (including phenoxy) is 1. The fourth-order valence-corrected chi connectivity index (χ4v) is 2.71. The van der Waals surface area contributed by atoms with Gasteiger partial charge in [0.2, 0.25) is 5.91 Å². The van der Waals surface area contributed by atoms with Gasteiger partial charge in [0, 0.05) is 12.0 Å². The van der Waals surface area contributed by atoms with Crippen LogP contribution in [0.1, 0.15) is 37.8 Å². The Hall–Kier alpha value is -2.75. The Kier molecular flexibility index (Phi) is 6.84. The maximum Gasteiger partial charge on any atom is 0.243 e. The van der Waals surface area contributed by atoms with Gasteiger partial charge in [-0.3, -0.25) is 4.79 Å². The summed E-state index contributed by atoms with van der Waals surface area (Å²) >= 11 is 0. The minimum atomic E-state index is -0.157. The Balaban J connectivity index is 1.84. The van der Waals surface area contributed by atoms with E-state index in [1.54, 1.807) is 12.1 Å². The van der Waals surface area contributed by atoms with Crippen LogP contribution in [0.15, 0.2) is 61.2 Å². The van der Waals surface area contributed by atoms with Crippen molar-refractivity contribution in [1.29, 1.82) is 0 Å². The molecule has 0 bridgehead atoms. The van der Waals surface area contributed by atoms with E-state index in [9.17, 15) is 9.90 Å². The molecule has 0 saturated heterocycles. The summed E-state index contributed by atoms with van der Waals surface area (Å²) in [5, 5.41) is 12.2. The van der Waals surface area contributed by atoms with E-state index in [2.05, 4.69) is 37.9 Å². The van der Waals surface area contributed by atoms with Crippen molar-refractivity contribution in [3.05, 3.63) is 72.3 Å². The second kappa shape index (κ2) is 9.09. The molecule has 0 aliphatic rings. The summed E-state index contributed by atoms with van der Waals surface area (Å²) < 4.78 is 5.76. The van der Waals surface area contributed by atoms with Crippen LogP contribution in [-0.4, -0.2) is 24.2 Å². The molecule has 0 aliphatic carbocycles. The average Bonchev–Trinajstić information content (AvgIpc) is 2.65. The first kappa shape index (κ1) is 19.6. The predicted molar refractivity (Wildman–Crippen MR) is 105 cm³/mol. The highest BCUT2D eigenvalue weighted by atomic mass is 16.5. The lowest BCUT2D eigenvalue weighted by Gasteiger charge is -2.26. The molecule has 4 nitrogen and oxygen atoms in total. The summed E-state index contributed by atoms with van der Waals surface area (Å²) in [6, 6.07) is 15.4. The second-order valence-corrected chi connectivity index (χ2v) is 6.75. The van der Waals surface area contributed by atoms with Gasteiger partial charge in [-0.1, -0.05) is 44.7 Å². The maximum atomic E-state index is 11.0. The van der Waals surface area contributed by atoms with Gasteiger partial charge in [0.25, 0.3) is 0 Å². The third-order valence-electron chi connectivity index (χ3n) is 4.49. The Morgan fingerprint density at radius 3 is 2.23 bits per heavy atom. The van der Waals surface area contributed by atoms with Crippen molar-refractivity contribution in [2.75, 3.05) is 13.2 Å². The van der Waals surface area contributed by atoms with E-state index in [-0.39, 0.29) is 17.1 Å². The SMILES string of the molecule is C=CC(=O)NCCCCOc1ccc(C(C)(C)c2ccc(O)cc2)cc1. The van der Waals surface area contributed by atoms with Crippen molar-refractivity contribution in [3.63, 3.8) is 0 Å². The Bertz CT molecular complexity index is 718. The monoisotopic (exact) mass is 353 g/mol. The largest absolute Gasteiger partial charge is 0.508 e. The molecule has 2 aromatic carbocycles. The van der Waals surface area contributed by atoms with Crippen LogP contribution in [0, 0.1) is 0 Å². The highest BCUT2D eigenvalue weighted by Crippen LogP contribution is 2.33. The molecule has 1 amide bonds. The molecular weight excluding hydrogens is 326 g/mol. The number of carbonyl (C=O) groups excluding carboxylic acids is 1. The van der Waals surface area contributed by atoms with Gasteiger partial charge < -0.3 is 15.2 Å². The highest BCUT2D eigenvalue weighted by Gasteiger charge is 2.22. The third kappa shape index (κ3) is 5.38. The number of rotatable bonds is 9. The average molecular weight is 353 g/mol. The molecule has 26 heavy (non-hydrogen) atoms. The first-order valence-corrected chi connectivity index (χ1v) is 8.86. The molecule has 0 fully saturated rings. The van der Waals surface area contributed by atoms with E-state index >= 15 is 0 Å². The molecule has 2 rings (SSSR count). The Labute approximate surface area is 155 Å². The first-order chi connectivity index (χ1) is 12.4. The van der Waals surface area contributed by atoms with Gasteiger partial charge >= 0.3 is 0 Å². The number of nitrogens with one attached hydrogen (secondary N) is 1. The van der Waals surface area contributed by atoms with Crippen molar-refractivity contribution >= 4 is 5.91 Å². The molecule has 0 aromatic heterocycles. The molecule has 2 N–H and O–H groups in total. The zero-order chi connectivity index (χ0) is 19.0. The van der Waals surface area contributed by atoms with Crippen LogP contribution in [0.25, 0.3) is 0 Å². The smallest absolute Gasteiger partial charge is 0.243 e. The van der Waals surface area contributed by atoms with Crippen LogP contribution >= 0.6 is 0 Å². The Morgan fingerprint density at radius 2 is 1.65 bits per heavy atom. The fourth-order valence-electron chi connectivity index (χ4n) is 2.71. The summed E-state index contributed by atoms with van der Waals surface area (Å²) in [7, 11) is 0. The van der Waals surface area contributed by atoms with Crippen LogP contribution in [0.2, 0.25) is 0 Å². The van der Waals surface area contributed by atoms with Gasteiger partial charge in [0.1, 0.15) is 11.5 Å². The molecule has 0 radical (unpaired) electrons. The van der Waals surface area contributed by atoms with Crippen LogP contribution < -0.4 is 10.1 Å². The molecule has 0 atom stereocenters. The molecule has 4 heteroatoms. The van der Waals surface area contributed by atoms with E-state index in [4.69, 9.17) is 4.74 Å². The topological polar surface area (TPSA) is 58.6 Å². The third-order valence-corrected chi connectivity index (χ3v) is 4.49. The summed E-state index contributed by atoms with van der Waals surface area (Å²) in [5.74, 6) is 0.973. The lowest BCUT2D eigenvalue weighted by atomic mass is 9.78. The number of amides is 1. The van der Waals surface area contributed by atoms with Gasteiger partial charge in [-0.2, -0.15) is 0 Å². The first-order valence-electron chi connectivity index (χ1n) is 8.86. The van der Waals surface area contributed by atoms with Crippen LogP contribution in [-0.2, 0) is 10.2 Å². The number of phenols is 1. The van der Waals surface area contributed by atoms with Crippen molar-refractivity contribution in [3.8, 4) is 11.5 Å². The van der Waals surface area contributed by atoms with E-state index in [1.165, 1.54) is 11.6 Å². The van der Waals surface area contributed by atoms with E-state index in [1.807, 2.05) is 24.3 Å². The molecule has 138 valence electrons. The van der Waals surface area contributed by atoms with Gasteiger partial charge in [0.05, 0.1) is 6.61 Å². The number of unbranched alkanes of at least 4 members (excludes halogenated alkanes) is 1. The van der Waals surface area contributed by atoms with Crippen molar-refractivity contribution in [2.24, 2.45) is 0 Å². The van der Waals surface area contributed by atoms with Gasteiger partial charge in [0.15, 0.2) is 0 Å². The summed E-state index contributed by atoms with van der Waals surface area (Å²) in [6.45, 7) is 8.98. The van der Waals surface area contributed by atoms with Crippen LogP contribution in [0.3, 0.4) is 0 Å². The van der Waals surface area contributed by atoms with E-state index in [0.29, 0.717) is 13.2 Å². The molecular formula is C22H27NO3. The van der Waals surface area contributed by atoms with Crippen molar-refractivity contribution < 1.29 is 14.6 Å². The lowest BCUT2D eigenvalue weighted by Crippen LogP contribution is -2.22. The number of hydrogen-bond acceptors (Lipinski definition) is 3.